The summed E-state index contributed by atoms with van der Waals surface area (Å²) in [5.74, 6) is -0.678. The van der Waals surface area contributed by atoms with Gasteiger partial charge in [-0.3, -0.25) is 9.69 Å². The molecule has 3 aromatic rings. The number of benzene rings is 3. The van der Waals surface area contributed by atoms with Crippen LogP contribution >= 0.6 is 11.8 Å². The molecule has 0 bridgehead atoms. The van der Waals surface area contributed by atoms with Crippen molar-refractivity contribution < 1.29 is 9.90 Å². The normalized spacial score (nSPS) is 14.9. The van der Waals surface area contributed by atoms with Crippen molar-refractivity contribution >= 4 is 29.0 Å². The highest BCUT2D eigenvalue weighted by Crippen LogP contribution is 2.48. The summed E-state index contributed by atoms with van der Waals surface area (Å²) in [5.41, 5.74) is 2.49. The zero-order valence-electron chi connectivity index (χ0n) is 14.4. The molecule has 0 fully saturated rings. The number of hydrogen-bond donors (Lipinski definition) is 1. The Balaban J connectivity index is 1.74. The first kappa shape index (κ1) is 16.9. The zero-order chi connectivity index (χ0) is 18.1. The monoisotopic (exact) mass is 361 g/mol. The van der Waals surface area contributed by atoms with Crippen LogP contribution < -0.4 is 4.90 Å². The van der Waals surface area contributed by atoms with Crippen LogP contribution in [0, 0.1) is 5.92 Å². The van der Waals surface area contributed by atoms with E-state index in [-0.39, 0.29) is 5.91 Å². The molecule has 2 atom stereocenters. The molecule has 4 heteroatoms. The molecule has 0 radical (unpaired) electrons. The van der Waals surface area contributed by atoms with Crippen molar-refractivity contribution in [1.29, 1.82) is 0 Å². The molecule has 0 aliphatic carbocycles. The van der Waals surface area contributed by atoms with Crippen molar-refractivity contribution in [3.05, 3.63) is 84.4 Å². The summed E-state index contributed by atoms with van der Waals surface area (Å²) >= 11 is 1.66. The smallest absolute Gasteiger partial charge is 0.237 e. The highest BCUT2D eigenvalue weighted by atomic mass is 32.2. The summed E-state index contributed by atoms with van der Waals surface area (Å²) in [5, 5.41) is 10.7. The van der Waals surface area contributed by atoms with Crippen molar-refractivity contribution in [2.24, 2.45) is 5.92 Å². The number of aliphatic hydroxyl groups is 1. The molecule has 3 nitrogen and oxygen atoms in total. The van der Waals surface area contributed by atoms with E-state index in [0.717, 1.165) is 26.7 Å². The molecule has 26 heavy (non-hydrogen) atoms. The molecular formula is C22H19NO2S. The minimum atomic E-state index is -0.849. The summed E-state index contributed by atoms with van der Waals surface area (Å²) < 4.78 is 0. The lowest BCUT2D eigenvalue weighted by atomic mass is 9.95. The van der Waals surface area contributed by atoms with Crippen LogP contribution in [0.4, 0.5) is 11.4 Å². The third-order valence-electron chi connectivity index (χ3n) is 4.66. The topological polar surface area (TPSA) is 40.5 Å². The Labute approximate surface area is 157 Å². The van der Waals surface area contributed by atoms with Gasteiger partial charge in [-0.25, -0.2) is 0 Å². The number of carbonyl (C=O) groups is 1. The predicted octanol–water partition coefficient (Wildman–Crippen LogP) is 5.19. The van der Waals surface area contributed by atoms with Crippen LogP contribution in [0.15, 0.2) is 88.7 Å². The average molecular weight is 361 g/mol. The Morgan fingerprint density at radius 1 is 0.846 bits per heavy atom. The summed E-state index contributed by atoms with van der Waals surface area (Å²) in [6, 6.07) is 25.1. The molecule has 130 valence electrons. The molecule has 0 unspecified atom stereocenters. The Morgan fingerprint density at radius 3 is 1.92 bits per heavy atom. The van der Waals surface area contributed by atoms with Gasteiger partial charge in [0.05, 0.1) is 23.4 Å². The second-order valence-electron chi connectivity index (χ2n) is 6.36. The van der Waals surface area contributed by atoms with E-state index in [4.69, 9.17) is 0 Å². The first-order valence-corrected chi connectivity index (χ1v) is 9.41. The number of para-hydroxylation sites is 2. The molecule has 1 heterocycles. The van der Waals surface area contributed by atoms with Gasteiger partial charge in [0.15, 0.2) is 0 Å². The number of amides is 1. The maximum Gasteiger partial charge on any atom is 0.237 e. The molecule has 1 N–H and O–H groups in total. The van der Waals surface area contributed by atoms with Crippen molar-refractivity contribution in [3.8, 4) is 0 Å². The first-order chi connectivity index (χ1) is 12.7. The highest BCUT2D eigenvalue weighted by Gasteiger charge is 2.33. The fourth-order valence-corrected chi connectivity index (χ4v) is 4.28. The lowest BCUT2D eigenvalue weighted by Gasteiger charge is -2.33. The van der Waals surface area contributed by atoms with Crippen LogP contribution in [0.5, 0.6) is 0 Å². The molecule has 1 aliphatic rings. The summed E-state index contributed by atoms with van der Waals surface area (Å²) in [6.45, 7) is 1.78. The fourth-order valence-electron chi connectivity index (χ4n) is 3.22. The summed E-state index contributed by atoms with van der Waals surface area (Å²) in [6.07, 6.45) is -0.849. The van der Waals surface area contributed by atoms with E-state index in [1.54, 1.807) is 23.6 Å². The second kappa shape index (κ2) is 6.98. The molecule has 0 saturated carbocycles. The number of carbonyl (C=O) groups excluding carboxylic acids is 1. The minimum absolute atomic E-state index is 0.110. The van der Waals surface area contributed by atoms with Crippen LogP contribution in [0.1, 0.15) is 18.6 Å². The maximum absolute atomic E-state index is 13.4. The predicted molar refractivity (Wildman–Crippen MR) is 105 cm³/mol. The quantitative estimate of drug-likeness (QED) is 0.698. The van der Waals surface area contributed by atoms with E-state index in [1.807, 2.05) is 78.9 Å². The van der Waals surface area contributed by atoms with E-state index in [2.05, 4.69) is 0 Å². The van der Waals surface area contributed by atoms with Crippen LogP contribution in [0.2, 0.25) is 0 Å². The number of aliphatic hydroxyl groups excluding tert-OH is 1. The van der Waals surface area contributed by atoms with Gasteiger partial charge in [-0.1, -0.05) is 73.3 Å². The number of hydrogen-bond acceptors (Lipinski definition) is 3. The first-order valence-electron chi connectivity index (χ1n) is 8.59. The van der Waals surface area contributed by atoms with Gasteiger partial charge in [0.1, 0.15) is 0 Å². The van der Waals surface area contributed by atoms with Crippen LogP contribution in [-0.2, 0) is 4.79 Å². The minimum Gasteiger partial charge on any atom is -0.388 e. The Morgan fingerprint density at radius 2 is 1.35 bits per heavy atom. The number of fused-ring (bicyclic) bond motifs is 2. The number of rotatable bonds is 3. The SMILES string of the molecule is C[C@H](C(=O)N1c2ccccc2Sc2ccccc21)[C@H](O)c1ccccc1. The Kier molecular flexibility index (Phi) is 4.53. The lowest BCUT2D eigenvalue weighted by Crippen LogP contribution is -2.35. The Bertz CT molecular complexity index is 896. The summed E-state index contributed by atoms with van der Waals surface area (Å²) in [7, 11) is 0. The van der Waals surface area contributed by atoms with Gasteiger partial charge in [0, 0.05) is 9.79 Å². The highest BCUT2D eigenvalue weighted by molar-refractivity contribution is 7.99. The second-order valence-corrected chi connectivity index (χ2v) is 7.44. The van der Waals surface area contributed by atoms with Gasteiger partial charge in [-0.15, -0.1) is 0 Å². The van der Waals surface area contributed by atoms with Crippen molar-refractivity contribution in [1.82, 2.24) is 0 Å². The van der Waals surface area contributed by atoms with Gasteiger partial charge in [0.2, 0.25) is 5.91 Å². The van der Waals surface area contributed by atoms with Crippen LogP contribution in [-0.4, -0.2) is 11.0 Å². The van der Waals surface area contributed by atoms with E-state index in [0.29, 0.717) is 0 Å². The average Bonchev–Trinajstić information content (AvgIpc) is 2.71. The van der Waals surface area contributed by atoms with Crippen molar-refractivity contribution in [2.45, 2.75) is 22.8 Å². The zero-order valence-corrected chi connectivity index (χ0v) is 15.2. The maximum atomic E-state index is 13.4. The van der Waals surface area contributed by atoms with Gasteiger partial charge < -0.3 is 5.11 Å². The van der Waals surface area contributed by atoms with E-state index in [1.165, 1.54) is 0 Å². The molecule has 0 spiro atoms. The fraction of sp³-hybridized carbons (Fsp3) is 0.136. The number of anilines is 2. The molecule has 1 amide bonds. The largest absolute Gasteiger partial charge is 0.388 e. The lowest BCUT2D eigenvalue weighted by molar-refractivity contribution is -0.124. The van der Waals surface area contributed by atoms with Gasteiger partial charge in [0.25, 0.3) is 0 Å². The van der Waals surface area contributed by atoms with Crippen molar-refractivity contribution in [2.75, 3.05) is 4.90 Å². The third-order valence-corrected chi connectivity index (χ3v) is 5.79. The van der Waals surface area contributed by atoms with Crippen molar-refractivity contribution in [3.63, 3.8) is 0 Å². The summed E-state index contributed by atoms with van der Waals surface area (Å²) in [4.78, 5) is 17.2. The third kappa shape index (κ3) is 2.91. The molecule has 0 aromatic heterocycles. The van der Waals surface area contributed by atoms with Gasteiger partial charge in [-0.2, -0.15) is 0 Å². The van der Waals surface area contributed by atoms with Gasteiger partial charge >= 0.3 is 0 Å². The molecule has 3 aromatic carbocycles. The standard InChI is InChI=1S/C22H19NO2S/c1-15(21(24)16-9-3-2-4-10-16)22(25)23-17-11-5-7-13-19(17)26-20-14-8-6-12-18(20)23/h2-15,21,24H,1H3/t15-,21-/m0/s1. The molecule has 0 saturated heterocycles. The van der Waals surface area contributed by atoms with E-state index >= 15 is 0 Å². The van der Waals surface area contributed by atoms with Crippen LogP contribution in [0.3, 0.4) is 0 Å². The van der Waals surface area contributed by atoms with E-state index < -0.39 is 12.0 Å². The number of nitrogens with zero attached hydrogens (tertiary/aromatic N) is 1. The molecular weight excluding hydrogens is 342 g/mol. The van der Waals surface area contributed by atoms with Gasteiger partial charge in [-0.05, 0) is 29.8 Å². The molecule has 1 aliphatic heterocycles. The van der Waals surface area contributed by atoms with E-state index in [9.17, 15) is 9.90 Å². The molecule has 4 rings (SSSR count). The Hall–Kier alpha value is -2.56. The van der Waals surface area contributed by atoms with Crippen LogP contribution in [0.25, 0.3) is 0 Å².